The number of likely N-dealkylation sites (tertiary alicyclic amines) is 1. The molecule has 4 heteroatoms. The van der Waals surface area contributed by atoms with E-state index in [-0.39, 0.29) is 12.5 Å². The number of hydrogen-bond acceptors (Lipinski definition) is 3. The van der Waals surface area contributed by atoms with Crippen molar-refractivity contribution >= 4 is 17.2 Å². The van der Waals surface area contributed by atoms with Gasteiger partial charge in [0.05, 0.1) is 9.75 Å². The molecule has 1 aromatic rings. The summed E-state index contributed by atoms with van der Waals surface area (Å²) in [4.78, 5) is 16.1. The van der Waals surface area contributed by atoms with Crippen LogP contribution in [0.2, 0.25) is 0 Å². The van der Waals surface area contributed by atoms with Crippen LogP contribution >= 0.6 is 11.3 Å². The smallest absolute Gasteiger partial charge is 0.263 e. The normalized spacial score (nSPS) is 17.9. The van der Waals surface area contributed by atoms with Gasteiger partial charge in [-0.15, -0.1) is 11.3 Å². The molecule has 3 nitrogen and oxygen atoms in total. The quantitative estimate of drug-likeness (QED) is 0.870. The Kier molecular flexibility index (Phi) is 5.22. The molecule has 2 heterocycles. The molecule has 1 aliphatic heterocycles. The van der Waals surface area contributed by atoms with Gasteiger partial charge in [0.15, 0.2) is 0 Å². The van der Waals surface area contributed by atoms with Gasteiger partial charge >= 0.3 is 0 Å². The Hall–Kier alpha value is -1.31. The molecule has 1 amide bonds. The highest BCUT2D eigenvalue weighted by molar-refractivity contribution is 7.14. The van der Waals surface area contributed by atoms with Crippen LogP contribution in [-0.2, 0) is 0 Å². The van der Waals surface area contributed by atoms with E-state index in [0.717, 1.165) is 34.8 Å². The molecule has 1 atom stereocenters. The van der Waals surface area contributed by atoms with Crippen molar-refractivity contribution in [3.05, 3.63) is 21.4 Å². The zero-order valence-electron chi connectivity index (χ0n) is 12.1. The van der Waals surface area contributed by atoms with Crippen LogP contribution in [0.5, 0.6) is 0 Å². The lowest BCUT2D eigenvalue weighted by molar-refractivity contribution is 0.0791. The van der Waals surface area contributed by atoms with Crippen LogP contribution in [0.1, 0.15) is 46.3 Å². The largest absolute Gasteiger partial charge is 0.384 e. The molecule has 108 valence electrons. The minimum absolute atomic E-state index is 0.133. The van der Waals surface area contributed by atoms with Crippen molar-refractivity contribution < 1.29 is 9.90 Å². The predicted octanol–water partition coefficient (Wildman–Crippen LogP) is 2.66. The van der Waals surface area contributed by atoms with E-state index in [0.29, 0.717) is 5.92 Å². The van der Waals surface area contributed by atoms with E-state index >= 15 is 0 Å². The summed E-state index contributed by atoms with van der Waals surface area (Å²) in [5.74, 6) is 6.35. The van der Waals surface area contributed by atoms with Crippen molar-refractivity contribution in [1.82, 2.24) is 4.90 Å². The molecule has 1 N–H and O–H groups in total. The fraction of sp³-hybridized carbons (Fsp3) is 0.562. The molecule has 0 aromatic carbocycles. The Bertz CT molecular complexity index is 538. The average molecular weight is 291 g/mol. The number of nitrogens with zero attached hydrogens (tertiary/aromatic N) is 1. The predicted molar refractivity (Wildman–Crippen MR) is 81.9 cm³/mol. The maximum atomic E-state index is 12.5. The molecule has 1 aromatic heterocycles. The molecule has 1 fully saturated rings. The Morgan fingerprint density at radius 2 is 2.40 bits per heavy atom. The van der Waals surface area contributed by atoms with Gasteiger partial charge in [0.1, 0.15) is 6.61 Å². The number of aliphatic hydroxyl groups is 1. The molecule has 0 aliphatic carbocycles. The second-order valence-electron chi connectivity index (χ2n) is 5.28. The fourth-order valence-corrected chi connectivity index (χ4v) is 3.66. The maximum absolute atomic E-state index is 12.5. The first-order valence-corrected chi connectivity index (χ1v) is 7.96. The van der Waals surface area contributed by atoms with E-state index in [1.165, 1.54) is 24.2 Å². The SMILES string of the molecule is CCCC1CCN(C(=O)c2cc(C)c(C#CCO)s2)C1. The number of carbonyl (C=O) groups is 1. The van der Waals surface area contributed by atoms with Crippen LogP contribution in [-0.4, -0.2) is 35.6 Å². The number of hydrogen-bond donors (Lipinski definition) is 1. The Morgan fingerprint density at radius 3 is 3.10 bits per heavy atom. The summed E-state index contributed by atoms with van der Waals surface area (Å²) in [6, 6.07) is 1.92. The van der Waals surface area contributed by atoms with Crippen LogP contribution in [0, 0.1) is 24.7 Å². The Balaban J connectivity index is 2.07. The topological polar surface area (TPSA) is 40.5 Å². The first kappa shape index (κ1) is 15.1. The minimum atomic E-state index is -0.147. The lowest BCUT2D eigenvalue weighted by atomic mass is 10.0. The van der Waals surface area contributed by atoms with E-state index in [9.17, 15) is 4.79 Å². The van der Waals surface area contributed by atoms with Gasteiger partial charge in [-0.3, -0.25) is 4.79 Å². The maximum Gasteiger partial charge on any atom is 0.263 e. The molecule has 0 radical (unpaired) electrons. The third kappa shape index (κ3) is 3.41. The van der Waals surface area contributed by atoms with Gasteiger partial charge in [-0.1, -0.05) is 25.2 Å². The summed E-state index contributed by atoms with van der Waals surface area (Å²) in [5, 5.41) is 8.74. The summed E-state index contributed by atoms with van der Waals surface area (Å²) in [6.07, 6.45) is 3.52. The number of amides is 1. The highest BCUT2D eigenvalue weighted by Crippen LogP contribution is 2.26. The highest BCUT2D eigenvalue weighted by Gasteiger charge is 2.27. The first-order valence-electron chi connectivity index (χ1n) is 7.15. The van der Waals surface area contributed by atoms with Crippen molar-refractivity contribution in [2.45, 2.75) is 33.1 Å². The first-order chi connectivity index (χ1) is 9.65. The second kappa shape index (κ2) is 6.92. The molecule has 20 heavy (non-hydrogen) atoms. The van der Waals surface area contributed by atoms with Crippen molar-refractivity contribution in [3.8, 4) is 11.8 Å². The molecular formula is C16H21NO2S. The van der Waals surface area contributed by atoms with E-state index in [1.807, 2.05) is 17.9 Å². The van der Waals surface area contributed by atoms with Crippen molar-refractivity contribution in [1.29, 1.82) is 0 Å². The molecule has 1 unspecified atom stereocenters. The van der Waals surface area contributed by atoms with Crippen LogP contribution in [0.3, 0.4) is 0 Å². The van der Waals surface area contributed by atoms with Crippen molar-refractivity contribution in [2.75, 3.05) is 19.7 Å². The average Bonchev–Trinajstić information content (AvgIpc) is 3.03. The number of carbonyl (C=O) groups excluding carboxylic acids is 1. The van der Waals surface area contributed by atoms with E-state index in [2.05, 4.69) is 18.8 Å². The van der Waals surface area contributed by atoms with Gasteiger partial charge in [-0.05, 0) is 37.3 Å². The fourth-order valence-electron chi connectivity index (χ4n) is 2.65. The molecule has 0 spiro atoms. The van der Waals surface area contributed by atoms with Crippen LogP contribution in [0.4, 0.5) is 0 Å². The van der Waals surface area contributed by atoms with Crippen LogP contribution in [0.15, 0.2) is 6.07 Å². The van der Waals surface area contributed by atoms with Gasteiger partial charge in [-0.2, -0.15) is 0 Å². The van der Waals surface area contributed by atoms with Gasteiger partial charge in [0, 0.05) is 13.1 Å². The zero-order valence-corrected chi connectivity index (χ0v) is 12.9. The Labute approximate surface area is 124 Å². The summed E-state index contributed by atoms with van der Waals surface area (Å²) < 4.78 is 0. The standard InChI is InChI=1S/C16H21NO2S/c1-3-5-13-7-8-17(11-13)16(19)15-10-12(2)14(20-15)6-4-9-18/h10,13,18H,3,5,7-9,11H2,1-2H3. The third-order valence-electron chi connectivity index (χ3n) is 3.68. The van der Waals surface area contributed by atoms with Gasteiger partial charge in [0.2, 0.25) is 0 Å². The van der Waals surface area contributed by atoms with Crippen molar-refractivity contribution in [2.24, 2.45) is 5.92 Å². The van der Waals surface area contributed by atoms with Crippen molar-refractivity contribution in [3.63, 3.8) is 0 Å². The molecule has 0 bridgehead atoms. The number of aliphatic hydroxyl groups excluding tert-OH is 1. The molecule has 1 aliphatic rings. The molecular weight excluding hydrogens is 270 g/mol. The summed E-state index contributed by atoms with van der Waals surface area (Å²) in [7, 11) is 0. The number of aryl methyl sites for hydroxylation is 1. The second-order valence-corrected chi connectivity index (χ2v) is 6.33. The number of rotatable bonds is 3. The van der Waals surface area contributed by atoms with Crippen LogP contribution < -0.4 is 0 Å². The van der Waals surface area contributed by atoms with E-state index in [1.54, 1.807) is 0 Å². The molecule has 1 saturated heterocycles. The lowest BCUT2D eigenvalue weighted by Crippen LogP contribution is -2.27. The van der Waals surface area contributed by atoms with Gasteiger partial charge in [0.25, 0.3) is 5.91 Å². The summed E-state index contributed by atoms with van der Waals surface area (Å²) in [6.45, 7) is 5.77. The van der Waals surface area contributed by atoms with Crippen LogP contribution in [0.25, 0.3) is 0 Å². The zero-order chi connectivity index (χ0) is 14.5. The van der Waals surface area contributed by atoms with Gasteiger partial charge in [-0.25, -0.2) is 0 Å². The lowest BCUT2D eigenvalue weighted by Gasteiger charge is -2.15. The summed E-state index contributed by atoms with van der Waals surface area (Å²) in [5.41, 5.74) is 1.02. The molecule has 0 saturated carbocycles. The third-order valence-corrected chi connectivity index (χ3v) is 4.82. The minimum Gasteiger partial charge on any atom is -0.384 e. The van der Waals surface area contributed by atoms with E-state index in [4.69, 9.17) is 5.11 Å². The van der Waals surface area contributed by atoms with E-state index < -0.39 is 0 Å². The van der Waals surface area contributed by atoms with Gasteiger partial charge < -0.3 is 10.0 Å². The molecule has 2 rings (SSSR count). The Morgan fingerprint density at radius 1 is 1.60 bits per heavy atom. The monoisotopic (exact) mass is 291 g/mol. The summed E-state index contributed by atoms with van der Waals surface area (Å²) >= 11 is 1.43. The highest BCUT2D eigenvalue weighted by atomic mass is 32.1. The number of thiophene rings is 1.